The fourth-order valence-corrected chi connectivity index (χ4v) is 2.81. The van der Waals surface area contributed by atoms with Crippen LogP contribution >= 0.6 is 11.8 Å². The van der Waals surface area contributed by atoms with E-state index in [-0.39, 0.29) is 17.6 Å². The van der Waals surface area contributed by atoms with Gasteiger partial charge in [0.1, 0.15) is 0 Å². The number of thioether (sulfide) groups is 1. The van der Waals surface area contributed by atoms with E-state index in [4.69, 9.17) is 5.73 Å². The molecule has 0 bridgehead atoms. The minimum Gasteiger partial charge on any atom is -0.368 e. The van der Waals surface area contributed by atoms with Crippen molar-refractivity contribution in [2.45, 2.75) is 31.0 Å². The number of anilines is 1. The molecule has 2 aromatic rings. The van der Waals surface area contributed by atoms with Crippen molar-refractivity contribution in [1.29, 1.82) is 0 Å². The summed E-state index contributed by atoms with van der Waals surface area (Å²) in [7, 11) is 0. The van der Waals surface area contributed by atoms with Gasteiger partial charge in [0.15, 0.2) is 5.16 Å². The second-order valence-electron chi connectivity index (χ2n) is 4.66. The van der Waals surface area contributed by atoms with Crippen LogP contribution in [0.4, 0.5) is 14.7 Å². The summed E-state index contributed by atoms with van der Waals surface area (Å²) in [4.78, 5) is 0. The van der Waals surface area contributed by atoms with Gasteiger partial charge < -0.3 is 5.73 Å². The van der Waals surface area contributed by atoms with E-state index in [1.54, 1.807) is 22.8 Å². The second kappa shape index (κ2) is 5.78. The zero-order valence-corrected chi connectivity index (χ0v) is 12.1. The highest BCUT2D eigenvalue weighted by Gasteiger charge is 2.32. The van der Waals surface area contributed by atoms with Crippen LogP contribution in [0.2, 0.25) is 0 Å². The zero-order valence-electron chi connectivity index (χ0n) is 11.3. The molecule has 108 valence electrons. The van der Waals surface area contributed by atoms with Crippen LogP contribution in [0.1, 0.15) is 25.5 Å². The third-order valence-electron chi connectivity index (χ3n) is 2.79. The van der Waals surface area contributed by atoms with Gasteiger partial charge >= 0.3 is 0 Å². The molecule has 0 aliphatic rings. The summed E-state index contributed by atoms with van der Waals surface area (Å²) in [5.41, 5.74) is 5.68. The third-order valence-corrected chi connectivity index (χ3v) is 3.83. The Morgan fingerprint density at radius 1 is 1.25 bits per heavy atom. The van der Waals surface area contributed by atoms with Gasteiger partial charge in [0, 0.05) is 11.6 Å². The summed E-state index contributed by atoms with van der Waals surface area (Å²) >= 11 is 0.957. The Balaban J connectivity index is 2.13. The molecule has 0 aliphatic heterocycles. The molecule has 4 nitrogen and oxygen atoms in total. The molecule has 1 aromatic heterocycles. The van der Waals surface area contributed by atoms with E-state index < -0.39 is 11.7 Å². The lowest BCUT2D eigenvalue weighted by atomic mass is 10.1. The van der Waals surface area contributed by atoms with Crippen molar-refractivity contribution in [1.82, 2.24) is 14.8 Å². The van der Waals surface area contributed by atoms with Gasteiger partial charge in [0.2, 0.25) is 5.95 Å². The summed E-state index contributed by atoms with van der Waals surface area (Å²) in [6.07, 6.45) is 0. The number of rotatable bonds is 5. The summed E-state index contributed by atoms with van der Waals surface area (Å²) < 4.78 is 29.8. The van der Waals surface area contributed by atoms with Crippen LogP contribution in [0.15, 0.2) is 35.5 Å². The first kappa shape index (κ1) is 14.8. The first-order valence-electron chi connectivity index (χ1n) is 6.18. The first-order valence-corrected chi connectivity index (χ1v) is 7.17. The maximum atomic E-state index is 14.1. The van der Waals surface area contributed by atoms with Crippen molar-refractivity contribution >= 4 is 17.7 Å². The fourth-order valence-electron chi connectivity index (χ4n) is 1.79. The number of benzene rings is 1. The summed E-state index contributed by atoms with van der Waals surface area (Å²) in [5, 5.41) is 8.00. The van der Waals surface area contributed by atoms with E-state index in [2.05, 4.69) is 10.2 Å². The van der Waals surface area contributed by atoms with Crippen LogP contribution in [-0.2, 0) is 5.92 Å². The van der Waals surface area contributed by atoms with Gasteiger partial charge in [-0.15, -0.1) is 10.2 Å². The van der Waals surface area contributed by atoms with E-state index in [1.165, 1.54) is 12.1 Å². The van der Waals surface area contributed by atoms with Gasteiger partial charge in [-0.2, -0.15) is 0 Å². The zero-order chi connectivity index (χ0) is 14.8. The third kappa shape index (κ3) is 3.09. The Morgan fingerprint density at radius 3 is 2.50 bits per heavy atom. The molecule has 0 fully saturated rings. The molecule has 0 saturated carbocycles. The summed E-state index contributed by atoms with van der Waals surface area (Å²) in [6, 6.07) is 7.77. The topological polar surface area (TPSA) is 56.7 Å². The highest BCUT2D eigenvalue weighted by Crippen LogP contribution is 2.34. The monoisotopic (exact) mass is 298 g/mol. The lowest BCUT2D eigenvalue weighted by Gasteiger charge is -2.17. The standard InChI is InChI=1S/C13H16F2N4S/c1-9(2)19-11(16)17-18-12(19)20-8-13(14,15)10-6-4-3-5-7-10/h3-7,9H,8H2,1-2H3,(H2,16,17). The van der Waals surface area contributed by atoms with Crippen molar-refractivity contribution in [2.75, 3.05) is 11.5 Å². The Hall–Kier alpha value is -1.63. The molecule has 7 heteroatoms. The van der Waals surface area contributed by atoms with E-state index in [0.29, 0.717) is 5.16 Å². The van der Waals surface area contributed by atoms with E-state index in [1.807, 2.05) is 13.8 Å². The molecule has 1 heterocycles. The maximum absolute atomic E-state index is 14.1. The van der Waals surface area contributed by atoms with Crippen molar-refractivity contribution in [3.63, 3.8) is 0 Å². The molecule has 0 saturated heterocycles. The van der Waals surface area contributed by atoms with Crippen molar-refractivity contribution in [2.24, 2.45) is 0 Å². The largest absolute Gasteiger partial charge is 0.368 e. The van der Waals surface area contributed by atoms with Crippen LogP contribution in [0.5, 0.6) is 0 Å². The molecule has 2 rings (SSSR count). The Labute approximate surface area is 120 Å². The number of nitrogen functional groups attached to an aromatic ring is 1. The van der Waals surface area contributed by atoms with Gasteiger partial charge in [-0.1, -0.05) is 42.1 Å². The van der Waals surface area contributed by atoms with E-state index in [0.717, 1.165) is 11.8 Å². The second-order valence-corrected chi connectivity index (χ2v) is 5.61. The summed E-state index contributed by atoms with van der Waals surface area (Å²) in [5.74, 6) is -3.08. The molecule has 0 spiro atoms. The number of hydrogen-bond acceptors (Lipinski definition) is 4. The number of aromatic nitrogens is 3. The van der Waals surface area contributed by atoms with Crippen LogP contribution in [0.25, 0.3) is 0 Å². The predicted molar refractivity (Wildman–Crippen MR) is 75.9 cm³/mol. The van der Waals surface area contributed by atoms with Crippen LogP contribution in [0, 0.1) is 0 Å². The Morgan fingerprint density at radius 2 is 1.90 bits per heavy atom. The SMILES string of the molecule is CC(C)n1c(N)nnc1SCC(F)(F)c1ccccc1. The van der Waals surface area contributed by atoms with Gasteiger partial charge in [0.05, 0.1) is 5.75 Å². The Bertz CT molecular complexity index is 569. The van der Waals surface area contributed by atoms with Crippen molar-refractivity contribution < 1.29 is 8.78 Å². The van der Waals surface area contributed by atoms with Crippen LogP contribution in [-0.4, -0.2) is 20.5 Å². The van der Waals surface area contributed by atoms with Gasteiger partial charge in [-0.3, -0.25) is 4.57 Å². The van der Waals surface area contributed by atoms with Crippen molar-refractivity contribution in [3.05, 3.63) is 35.9 Å². The number of halogens is 2. The fraction of sp³-hybridized carbons (Fsp3) is 0.385. The number of nitrogens with zero attached hydrogens (tertiary/aromatic N) is 3. The smallest absolute Gasteiger partial charge is 0.282 e. The Kier molecular flexibility index (Phi) is 4.27. The molecule has 0 aliphatic carbocycles. The molecule has 0 amide bonds. The first-order chi connectivity index (χ1) is 9.42. The van der Waals surface area contributed by atoms with Gasteiger partial charge in [-0.25, -0.2) is 8.78 Å². The van der Waals surface area contributed by atoms with Gasteiger partial charge in [0.25, 0.3) is 5.92 Å². The highest BCUT2D eigenvalue weighted by molar-refractivity contribution is 7.99. The van der Waals surface area contributed by atoms with Crippen LogP contribution < -0.4 is 5.73 Å². The van der Waals surface area contributed by atoms with Crippen molar-refractivity contribution in [3.8, 4) is 0 Å². The summed E-state index contributed by atoms with van der Waals surface area (Å²) in [6.45, 7) is 3.80. The molecule has 0 unspecified atom stereocenters. The average molecular weight is 298 g/mol. The molecule has 2 N–H and O–H groups in total. The maximum Gasteiger partial charge on any atom is 0.282 e. The average Bonchev–Trinajstić information content (AvgIpc) is 2.79. The normalized spacial score (nSPS) is 12.1. The predicted octanol–water partition coefficient (Wildman–Crippen LogP) is 3.33. The molecular weight excluding hydrogens is 282 g/mol. The van der Waals surface area contributed by atoms with Crippen LogP contribution in [0.3, 0.4) is 0 Å². The number of nitrogens with two attached hydrogens (primary N) is 1. The molecule has 20 heavy (non-hydrogen) atoms. The van der Waals surface area contributed by atoms with E-state index >= 15 is 0 Å². The minimum absolute atomic E-state index is 0.00363. The molecule has 1 aromatic carbocycles. The molecule has 0 atom stereocenters. The lowest BCUT2D eigenvalue weighted by molar-refractivity contribution is 0.0231. The lowest BCUT2D eigenvalue weighted by Crippen LogP contribution is -2.17. The molecule has 0 radical (unpaired) electrons. The minimum atomic E-state index is -2.92. The highest BCUT2D eigenvalue weighted by atomic mass is 32.2. The number of alkyl halides is 2. The van der Waals surface area contributed by atoms with E-state index in [9.17, 15) is 8.78 Å². The molecular formula is C13H16F2N4S. The van der Waals surface area contributed by atoms with Gasteiger partial charge in [-0.05, 0) is 13.8 Å². The number of hydrogen-bond donors (Lipinski definition) is 1. The quantitative estimate of drug-likeness (QED) is 0.860.